The van der Waals surface area contributed by atoms with E-state index in [1.807, 2.05) is 60.7 Å². The first kappa shape index (κ1) is 27.7. The van der Waals surface area contributed by atoms with Crippen LogP contribution >= 0.6 is 0 Å². The molecule has 0 atom stereocenters. The molecule has 0 aliphatic rings. The van der Waals surface area contributed by atoms with Crippen molar-refractivity contribution in [1.29, 1.82) is 5.26 Å². The third-order valence-electron chi connectivity index (χ3n) is 5.21. The zero-order valence-electron chi connectivity index (χ0n) is 21.2. The monoisotopic (exact) mass is 512 g/mol. The Morgan fingerprint density at radius 3 is 2.37 bits per heavy atom. The predicted molar refractivity (Wildman–Crippen MR) is 143 cm³/mol. The Balaban J connectivity index is 1.59. The van der Waals surface area contributed by atoms with E-state index >= 15 is 0 Å². The summed E-state index contributed by atoms with van der Waals surface area (Å²) in [4.78, 5) is 24.5. The van der Waals surface area contributed by atoms with Crippen LogP contribution in [-0.4, -0.2) is 39.2 Å². The largest absolute Gasteiger partial charge is 0.493 e. The molecule has 0 heterocycles. The molecule has 0 aromatic heterocycles. The van der Waals surface area contributed by atoms with Gasteiger partial charge in [0, 0.05) is 19.7 Å². The van der Waals surface area contributed by atoms with Gasteiger partial charge in [0.15, 0.2) is 11.5 Å². The van der Waals surface area contributed by atoms with Gasteiger partial charge in [-0.25, -0.2) is 4.79 Å². The van der Waals surface area contributed by atoms with Crippen molar-refractivity contribution in [1.82, 2.24) is 5.32 Å². The van der Waals surface area contributed by atoms with Crippen molar-refractivity contribution in [2.45, 2.75) is 6.61 Å². The van der Waals surface area contributed by atoms with Crippen LogP contribution in [0.1, 0.15) is 16.7 Å². The van der Waals surface area contributed by atoms with E-state index in [0.29, 0.717) is 18.8 Å². The second-order valence-corrected chi connectivity index (χ2v) is 7.93. The minimum atomic E-state index is -0.591. The SMILES string of the molecule is COCCNC(=O)/C(C#N)=C/c1ccc(OC(=O)/C=C/c2ccc(OCc3ccccc3)cc2)c(OC)c1. The molecule has 1 N–H and O–H groups in total. The van der Waals surface area contributed by atoms with E-state index in [-0.39, 0.29) is 23.6 Å². The zero-order valence-corrected chi connectivity index (χ0v) is 21.2. The Labute approximate surface area is 221 Å². The minimum absolute atomic E-state index is 0.0766. The molecule has 0 saturated carbocycles. The quantitative estimate of drug-likeness (QED) is 0.125. The summed E-state index contributed by atoms with van der Waals surface area (Å²) < 4.78 is 21.4. The van der Waals surface area contributed by atoms with Crippen LogP contribution in [0.5, 0.6) is 17.2 Å². The molecule has 8 heteroatoms. The second kappa shape index (κ2) is 14.6. The van der Waals surface area contributed by atoms with Crippen LogP contribution in [-0.2, 0) is 20.9 Å². The lowest BCUT2D eigenvalue weighted by Crippen LogP contribution is -2.27. The number of carbonyl (C=O) groups is 2. The number of carbonyl (C=O) groups excluding carboxylic acids is 2. The number of hydrogen-bond acceptors (Lipinski definition) is 7. The van der Waals surface area contributed by atoms with Crippen molar-refractivity contribution in [3.63, 3.8) is 0 Å². The fraction of sp³-hybridized carbons (Fsp3) is 0.167. The number of nitriles is 1. The summed E-state index contributed by atoms with van der Waals surface area (Å²) in [5.74, 6) is 0.0927. The van der Waals surface area contributed by atoms with Gasteiger partial charge < -0.3 is 24.3 Å². The lowest BCUT2D eigenvalue weighted by Gasteiger charge is -2.09. The highest BCUT2D eigenvalue weighted by Gasteiger charge is 2.12. The van der Waals surface area contributed by atoms with Crippen molar-refractivity contribution in [2.75, 3.05) is 27.4 Å². The summed E-state index contributed by atoms with van der Waals surface area (Å²) in [6, 6.07) is 23.8. The van der Waals surface area contributed by atoms with Gasteiger partial charge in [-0.05, 0) is 53.1 Å². The Morgan fingerprint density at radius 2 is 1.68 bits per heavy atom. The molecule has 3 aromatic carbocycles. The number of esters is 1. The first-order valence-electron chi connectivity index (χ1n) is 11.8. The lowest BCUT2D eigenvalue weighted by molar-refractivity contribution is -0.129. The highest BCUT2D eigenvalue weighted by atomic mass is 16.6. The average Bonchev–Trinajstić information content (AvgIpc) is 2.95. The van der Waals surface area contributed by atoms with Gasteiger partial charge in [-0.3, -0.25) is 4.79 Å². The molecule has 0 spiro atoms. The van der Waals surface area contributed by atoms with E-state index in [1.165, 1.54) is 32.4 Å². The number of nitrogens with one attached hydrogen (secondary N) is 1. The van der Waals surface area contributed by atoms with Gasteiger partial charge in [0.05, 0.1) is 13.7 Å². The average molecular weight is 513 g/mol. The van der Waals surface area contributed by atoms with Gasteiger partial charge in [0.25, 0.3) is 5.91 Å². The molecular formula is C30H28N2O6. The maximum atomic E-state index is 12.4. The Morgan fingerprint density at radius 1 is 0.947 bits per heavy atom. The minimum Gasteiger partial charge on any atom is -0.493 e. The summed E-state index contributed by atoms with van der Waals surface area (Å²) in [5.41, 5.74) is 2.33. The molecule has 38 heavy (non-hydrogen) atoms. The topological polar surface area (TPSA) is 107 Å². The second-order valence-electron chi connectivity index (χ2n) is 7.93. The fourth-order valence-corrected chi connectivity index (χ4v) is 3.26. The number of ether oxygens (including phenoxy) is 4. The van der Waals surface area contributed by atoms with Crippen molar-refractivity contribution in [3.8, 4) is 23.3 Å². The Bertz CT molecular complexity index is 1330. The van der Waals surface area contributed by atoms with Crippen molar-refractivity contribution in [3.05, 3.63) is 101 Å². The zero-order chi connectivity index (χ0) is 27.2. The van der Waals surface area contributed by atoms with Gasteiger partial charge in [-0.1, -0.05) is 48.5 Å². The highest BCUT2D eigenvalue weighted by Crippen LogP contribution is 2.29. The van der Waals surface area contributed by atoms with E-state index in [9.17, 15) is 14.9 Å². The highest BCUT2D eigenvalue weighted by molar-refractivity contribution is 6.01. The molecule has 0 saturated heterocycles. The molecule has 1 amide bonds. The van der Waals surface area contributed by atoms with Crippen molar-refractivity contribution < 1.29 is 28.5 Å². The van der Waals surface area contributed by atoms with Crippen LogP contribution in [0.2, 0.25) is 0 Å². The smallest absolute Gasteiger partial charge is 0.336 e. The van der Waals surface area contributed by atoms with E-state index in [1.54, 1.807) is 18.2 Å². The van der Waals surface area contributed by atoms with Crippen LogP contribution in [0, 0.1) is 11.3 Å². The van der Waals surface area contributed by atoms with Crippen molar-refractivity contribution in [2.24, 2.45) is 0 Å². The molecular weight excluding hydrogens is 484 g/mol. The molecule has 194 valence electrons. The molecule has 8 nitrogen and oxygen atoms in total. The number of nitrogens with zero attached hydrogens (tertiary/aromatic N) is 1. The first-order valence-corrected chi connectivity index (χ1v) is 11.8. The first-order chi connectivity index (χ1) is 18.5. The molecule has 0 aliphatic heterocycles. The van der Waals surface area contributed by atoms with Crippen LogP contribution in [0.15, 0.2) is 84.4 Å². The Kier molecular flexibility index (Phi) is 10.7. The maximum absolute atomic E-state index is 12.4. The summed E-state index contributed by atoms with van der Waals surface area (Å²) in [5, 5.41) is 11.9. The number of hydrogen-bond donors (Lipinski definition) is 1. The lowest BCUT2D eigenvalue weighted by atomic mass is 10.1. The molecule has 3 rings (SSSR count). The third kappa shape index (κ3) is 8.66. The van der Waals surface area contributed by atoms with E-state index in [2.05, 4.69) is 5.32 Å². The van der Waals surface area contributed by atoms with Gasteiger partial charge in [0.1, 0.15) is 24.0 Å². The van der Waals surface area contributed by atoms with Gasteiger partial charge in [-0.2, -0.15) is 5.26 Å². The molecule has 0 bridgehead atoms. The van der Waals surface area contributed by atoms with E-state index < -0.39 is 11.9 Å². The normalized spacial score (nSPS) is 11.0. The number of amides is 1. The fourth-order valence-electron chi connectivity index (χ4n) is 3.26. The molecule has 0 aliphatic carbocycles. The standard InChI is InChI=1S/C30H28N2O6/c1-35-17-16-32-30(34)25(20-31)18-24-10-14-27(28(19-24)36-2)38-29(33)15-11-22-8-12-26(13-9-22)37-21-23-6-4-3-5-7-23/h3-15,18-19H,16-17,21H2,1-2H3,(H,32,34)/b15-11+,25-18+. The summed E-state index contributed by atoms with van der Waals surface area (Å²) in [6.07, 6.45) is 4.36. The number of benzene rings is 3. The summed E-state index contributed by atoms with van der Waals surface area (Å²) in [6.45, 7) is 1.09. The van der Waals surface area contributed by atoms with Gasteiger partial charge in [-0.15, -0.1) is 0 Å². The summed E-state index contributed by atoms with van der Waals surface area (Å²) >= 11 is 0. The van der Waals surface area contributed by atoms with Gasteiger partial charge >= 0.3 is 5.97 Å². The van der Waals surface area contributed by atoms with E-state index in [0.717, 1.165) is 16.9 Å². The van der Waals surface area contributed by atoms with E-state index in [4.69, 9.17) is 18.9 Å². The van der Waals surface area contributed by atoms with Crippen LogP contribution < -0.4 is 19.5 Å². The van der Waals surface area contributed by atoms with Gasteiger partial charge in [0.2, 0.25) is 0 Å². The third-order valence-corrected chi connectivity index (χ3v) is 5.21. The molecule has 0 fully saturated rings. The molecule has 3 aromatic rings. The van der Waals surface area contributed by atoms with Crippen molar-refractivity contribution >= 4 is 24.0 Å². The Hall–Kier alpha value is -4.87. The van der Waals surface area contributed by atoms with Crippen LogP contribution in [0.3, 0.4) is 0 Å². The number of rotatable bonds is 12. The van der Waals surface area contributed by atoms with Crippen LogP contribution in [0.4, 0.5) is 0 Å². The maximum Gasteiger partial charge on any atom is 0.336 e. The molecule has 0 unspecified atom stereocenters. The summed E-state index contributed by atoms with van der Waals surface area (Å²) in [7, 11) is 2.95. The number of methoxy groups -OCH3 is 2. The molecule has 0 radical (unpaired) electrons. The van der Waals surface area contributed by atoms with Crippen LogP contribution in [0.25, 0.3) is 12.2 Å². The predicted octanol–water partition coefficient (Wildman–Crippen LogP) is 4.56.